The van der Waals surface area contributed by atoms with Crippen LogP contribution in [0.5, 0.6) is 5.75 Å². The number of benzene rings is 2. The molecule has 0 radical (unpaired) electrons. The zero-order chi connectivity index (χ0) is 22.6. The summed E-state index contributed by atoms with van der Waals surface area (Å²) in [5.41, 5.74) is 0.525. The predicted octanol–water partition coefficient (Wildman–Crippen LogP) is 0.838. The Balaban J connectivity index is 1.99. The van der Waals surface area contributed by atoms with Gasteiger partial charge >= 0.3 is 0 Å². The maximum Gasteiger partial charge on any atom is 0.294 e. The molecule has 7 N–H and O–H groups in total. The summed E-state index contributed by atoms with van der Waals surface area (Å²) in [6, 6.07) is 6.06. The number of nitrogens with zero attached hydrogens (tertiary/aromatic N) is 3. The largest absolute Gasteiger partial charge is 0.507 e. The standard InChI is InChI=1S/C18H22N6O6S/c1-10-14(31(28,29)30)9-11-8-12(2-3-13(11)15(10)27)21-18-23-16(19-4-6-25)22-17(24-18)20-5-7-26/h2-3,8-9,25-27H,4-7H2,1H3,(H,28,29,30)(H3,19,20,21,22,23,24). The van der Waals surface area contributed by atoms with Crippen molar-refractivity contribution in [3.8, 4) is 5.75 Å². The highest BCUT2D eigenvalue weighted by Crippen LogP contribution is 2.35. The lowest BCUT2D eigenvalue weighted by atomic mass is 10.1. The van der Waals surface area contributed by atoms with E-state index >= 15 is 0 Å². The second-order valence-corrected chi connectivity index (χ2v) is 7.88. The summed E-state index contributed by atoms with van der Waals surface area (Å²) < 4.78 is 32.7. The molecule has 3 aromatic rings. The molecule has 0 saturated carbocycles. The van der Waals surface area contributed by atoms with Gasteiger partial charge in [0.15, 0.2) is 0 Å². The number of aromatic hydroxyl groups is 1. The molecule has 0 amide bonds. The van der Waals surface area contributed by atoms with Crippen molar-refractivity contribution in [2.24, 2.45) is 0 Å². The zero-order valence-electron chi connectivity index (χ0n) is 16.5. The number of phenolic OH excluding ortho intramolecular Hbond substituents is 1. The number of rotatable bonds is 9. The Morgan fingerprint density at radius 1 is 0.935 bits per heavy atom. The first-order chi connectivity index (χ1) is 14.7. The summed E-state index contributed by atoms with van der Waals surface area (Å²) in [6.07, 6.45) is 0. The van der Waals surface area contributed by atoms with Crippen LogP contribution in [0.4, 0.5) is 23.5 Å². The van der Waals surface area contributed by atoms with E-state index in [9.17, 15) is 18.1 Å². The van der Waals surface area contributed by atoms with Gasteiger partial charge in [-0.25, -0.2) is 0 Å². The number of aliphatic hydroxyl groups excluding tert-OH is 2. The maximum atomic E-state index is 11.6. The van der Waals surface area contributed by atoms with E-state index in [0.29, 0.717) is 16.5 Å². The van der Waals surface area contributed by atoms with E-state index in [1.807, 2.05) is 0 Å². The van der Waals surface area contributed by atoms with Crippen molar-refractivity contribution in [1.29, 1.82) is 0 Å². The summed E-state index contributed by atoms with van der Waals surface area (Å²) in [5, 5.41) is 37.7. The summed E-state index contributed by atoms with van der Waals surface area (Å²) in [6.45, 7) is 1.58. The highest BCUT2D eigenvalue weighted by Gasteiger charge is 2.19. The van der Waals surface area contributed by atoms with E-state index in [1.165, 1.54) is 13.0 Å². The number of aromatic nitrogens is 3. The molecule has 0 spiro atoms. The van der Waals surface area contributed by atoms with Gasteiger partial charge in [-0.05, 0) is 36.6 Å². The predicted molar refractivity (Wildman–Crippen MR) is 114 cm³/mol. The van der Waals surface area contributed by atoms with Gasteiger partial charge in [0, 0.05) is 29.7 Å². The van der Waals surface area contributed by atoms with Crippen molar-refractivity contribution in [1.82, 2.24) is 15.0 Å². The highest BCUT2D eigenvalue weighted by molar-refractivity contribution is 7.85. The topological polar surface area (TPSA) is 190 Å². The van der Waals surface area contributed by atoms with Crippen LogP contribution in [-0.2, 0) is 10.1 Å². The van der Waals surface area contributed by atoms with Crippen LogP contribution in [0.2, 0.25) is 0 Å². The van der Waals surface area contributed by atoms with Crippen molar-refractivity contribution in [2.45, 2.75) is 11.8 Å². The third kappa shape index (κ3) is 5.27. The minimum absolute atomic E-state index is 0.0485. The molecule has 0 fully saturated rings. The molecule has 166 valence electrons. The van der Waals surface area contributed by atoms with Crippen molar-refractivity contribution in [3.05, 3.63) is 29.8 Å². The van der Waals surface area contributed by atoms with Gasteiger partial charge in [-0.2, -0.15) is 23.4 Å². The molecule has 12 nitrogen and oxygen atoms in total. The molecule has 0 aliphatic heterocycles. The quantitative estimate of drug-likeness (QED) is 0.228. The lowest BCUT2D eigenvalue weighted by Crippen LogP contribution is -2.14. The Hall–Kier alpha value is -3.26. The number of nitrogens with one attached hydrogen (secondary N) is 3. The van der Waals surface area contributed by atoms with Crippen LogP contribution in [-0.4, -0.2) is 69.5 Å². The summed E-state index contributed by atoms with van der Waals surface area (Å²) in [5.74, 6) is 0.272. The molecule has 0 aliphatic rings. The van der Waals surface area contributed by atoms with Crippen molar-refractivity contribution >= 4 is 44.4 Å². The maximum absolute atomic E-state index is 11.6. The number of anilines is 4. The van der Waals surface area contributed by atoms with E-state index in [-0.39, 0.29) is 60.4 Å². The van der Waals surface area contributed by atoms with Crippen LogP contribution in [0.1, 0.15) is 5.56 Å². The van der Waals surface area contributed by atoms with Gasteiger partial charge in [-0.1, -0.05) is 0 Å². The van der Waals surface area contributed by atoms with Crippen LogP contribution in [0.15, 0.2) is 29.2 Å². The Kier molecular flexibility index (Phi) is 6.70. The molecule has 2 aromatic carbocycles. The van der Waals surface area contributed by atoms with Gasteiger partial charge in [0.25, 0.3) is 10.1 Å². The first-order valence-electron chi connectivity index (χ1n) is 9.19. The molecule has 1 heterocycles. The molecule has 0 atom stereocenters. The van der Waals surface area contributed by atoms with Gasteiger partial charge in [-0.15, -0.1) is 0 Å². The minimum Gasteiger partial charge on any atom is -0.507 e. The van der Waals surface area contributed by atoms with Crippen LogP contribution in [0.25, 0.3) is 10.8 Å². The number of phenols is 1. The molecule has 0 unspecified atom stereocenters. The van der Waals surface area contributed by atoms with E-state index < -0.39 is 10.1 Å². The average molecular weight is 450 g/mol. The van der Waals surface area contributed by atoms with Gasteiger partial charge < -0.3 is 31.3 Å². The third-order valence-corrected chi connectivity index (χ3v) is 5.26. The molecular weight excluding hydrogens is 428 g/mol. The van der Waals surface area contributed by atoms with Crippen LogP contribution < -0.4 is 16.0 Å². The second-order valence-electron chi connectivity index (χ2n) is 6.49. The summed E-state index contributed by atoms with van der Waals surface area (Å²) in [7, 11) is -4.52. The molecule has 0 saturated heterocycles. The van der Waals surface area contributed by atoms with E-state index in [2.05, 4.69) is 30.9 Å². The summed E-state index contributed by atoms with van der Waals surface area (Å²) in [4.78, 5) is 12.1. The molecule has 13 heteroatoms. The Morgan fingerprint density at radius 2 is 1.52 bits per heavy atom. The minimum atomic E-state index is -4.52. The lowest BCUT2D eigenvalue weighted by molar-refractivity contribution is 0.310. The molecule has 0 bridgehead atoms. The molecule has 31 heavy (non-hydrogen) atoms. The Morgan fingerprint density at radius 3 is 2.06 bits per heavy atom. The molecule has 1 aromatic heterocycles. The van der Waals surface area contributed by atoms with Gasteiger partial charge in [0.05, 0.1) is 13.2 Å². The van der Waals surface area contributed by atoms with Crippen LogP contribution >= 0.6 is 0 Å². The normalized spacial score (nSPS) is 11.5. The zero-order valence-corrected chi connectivity index (χ0v) is 17.3. The van der Waals surface area contributed by atoms with Crippen molar-refractivity contribution < 1.29 is 28.3 Å². The molecular formula is C18H22N6O6S. The first kappa shape index (κ1) is 22.4. The smallest absolute Gasteiger partial charge is 0.294 e. The van der Waals surface area contributed by atoms with Gasteiger partial charge in [0.2, 0.25) is 17.8 Å². The van der Waals surface area contributed by atoms with Crippen molar-refractivity contribution in [3.63, 3.8) is 0 Å². The fraction of sp³-hybridized carbons (Fsp3) is 0.278. The number of aliphatic hydroxyl groups is 2. The Labute approximate surface area is 177 Å². The van der Waals surface area contributed by atoms with Gasteiger partial charge in [-0.3, -0.25) is 4.55 Å². The van der Waals surface area contributed by atoms with E-state index in [0.717, 1.165) is 0 Å². The van der Waals surface area contributed by atoms with Gasteiger partial charge in [0.1, 0.15) is 10.6 Å². The average Bonchev–Trinajstić information content (AvgIpc) is 2.72. The van der Waals surface area contributed by atoms with E-state index in [1.54, 1.807) is 18.2 Å². The monoisotopic (exact) mass is 450 g/mol. The van der Waals surface area contributed by atoms with Crippen LogP contribution in [0.3, 0.4) is 0 Å². The first-order valence-corrected chi connectivity index (χ1v) is 10.6. The number of fused-ring (bicyclic) bond motifs is 1. The SMILES string of the molecule is Cc1c(S(=O)(=O)O)cc2cc(Nc3nc(NCCO)nc(NCCO)n3)ccc2c1O. The number of hydrogen-bond donors (Lipinski definition) is 7. The second kappa shape index (κ2) is 9.26. The third-order valence-electron chi connectivity index (χ3n) is 4.28. The lowest BCUT2D eigenvalue weighted by Gasteiger charge is -2.12. The number of hydrogen-bond acceptors (Lipinski definition) is 11. The summed E-state index contributed by atoms with van der Waals surface area (Å²) >= 11 is 0. The van der Waals surface area contributed by atoms with Crippen molar-refractivity contribution in [2.75, 3.05) is 42.3 Å². The Bertz CT molecular complexity index is 1180. The highest BCUT2D eigenvalue weighted by atomic mass is 32.2. The molecule has 3 rings (SSSR count). The van der Waals surface area contributed by atoms with Crippen LogP contribution in [0, 0.1) is 6.92 Å². The molecule has 0 aliphatic carbocycles. The fourth-order valence-corrected chi connectivity index (χ4v) is 3.63. The van der Waals surface area contributed by atoms with E-state index in [4.69, 9.17) is 10.2 Å². The fourth-order valence-electron chi connectivity index (χ4n) is 2.87.